The van der Waals surface area contributed by atoms with E-state index in [0.29, 0.717) is 0 Å². The lowest BCUT2D eigenvalue weighted by atomic mass is 9.92. The fraction of sp³-hybridized carbons (Fsp3) is 0.909. The van der Waals surface area contributed by atoms with E-state index in [1.807, 2.05) is 20.8 Å². The Kier molecular flexibility index (Phi) is 4.56. The first-order valence-electron chi connectivity index (χ1n) is 5.88. The van der Waals surface area contributed by atoms with Gasteiger partial charge in [-0.2, -0.15) is 0 Å². The highest BCUT2D eigenvalue weighted by Gasteiger charge is 2.23. The summed E-state index contributed by atoms with van der Waals surface area (Å²) < 4.78 is 5.11. The summed E-state index contributed by atoms with van der Waals surface area (Å²) in [6.07, 6.45) is 3.88. The summed E-state index contributed by atoms with van der Waals surface area (Å²) in [5, 5.41) is 0. The van der Waals surface area contributed by atoms with Crippen molar-refractivity contribution >= 4 is 6.09 Å². The Labute approximate surface area is 97.1 Å². The van der Waals surface area contributed by atoms with Crippen molar-refractivity contribution < 1.29 is 9.53 Å². The molecule has 0 aromatic carbocycles. The van der Waals surface area contributed by atoms with Crippen LogP contribution in [0.15, 0.2) is 0 Å². The fourth-order valence-electron chi connectivity index (χ4n) is 1.79. The lowest BCUT2D eigenvalue weighted by molar-refractivity contribution is 0.0479. The molecule has 1 amide bonds. The molecule has 0 radical (unpaired) electrons. The van der Waals surface area contributed by atoms with E-state index >= 15 is 0 Å². The molecule has 1 fully saturated rings. The number of nitrogens with two attached hydrogens (primary N) is 1. The number of carbonyl (C=O) groups is 1. The van der Waals surface area contributed by atoms with Crippen molar-refractivity contribution in [3.63, 3.8) is 0 Å². The molecule has 94 valence electrons. The largest absolute Gasteiger partial charge is 0.443 e. The van der Waals surface area contributed by atoms with E-state index in [0.717, 1.165) is 19.3 Å². The molecule has 0 bridgehead atoms. The van der Waals surface area contributed by atoms with Gasteiger partial charge in [-0.1, -0.05) is 12.8 Å². The van der Waals surface area contributed by atoms with Crippen LogP contribution in [0.25, 0.3) is 0 Å². The minimum atomic E-state index is -0.472. The van der Waals surface area contributed by atoms with Gasteiger partial charge < -0.3 is 10.5 Å². The molecule has 0 spiro atoms. The summed E-state index contributed by atoms with van der Waals surface area (Å²) >= 11 is 0. The third-order valence-corrected chi connectivity index (χ3v) is 2.58. The lowest BCUT2D eigenvalue weighted by Crippen LogP contribution is -2.54. The molecule has 16 heavy (non-hydrogen) atoms. The Bertz CT molecular complexity index is 238. The van der Waals surface area contributed by atoms with Gasteiger partial charge in [0.2, 0.25) is 0 Å². The van der Waals surface area contributed by atoms with Crippen molar-refractivity contribution in [3.05, 3.63) is 0 Å². The van der Waals surface area contributed by atoms with Gasteiger partial charge in [0, 0.05) is 12.1 Å². The van der Waals surface area contributed by atoms with Crippen molar-refractivity contribution in [3.8, 4) is 0 Å². The summed E-state index contributed by atoms with van der Waals surface area (Å²) in [5.74, 6) is 0. The van der Waals surface area contributed by atoms with Crippen LogP contribution in [0.3, 0.4) is 0 Å². The highest BCUT2D eigenvalue weighted by atomic mass is 16.6. The van der Waals surface area contributed by atoms with Gasteiger partial charge in [0.05, 0.1) is 0 Å². The topological polar surface area (TPSA) is 76.4 Å². The standard InChI is InChI=1S/C11H23N3O2/c1-11(2,3)16-10(15)14-13-9-7-5-4-6-8(9)12/h8-9,13H,4-7,12H2,1-3H3,(H,14,15). The molecule has 0 heterocycles. The zero-order valence-electron chi connectivity index (χ0n) is 10.4. The molecule has 0 aromatic heterocycles. The summed E-state index contributed by atoms with van der Waals surface area (Å²) in [4.78, 5) is 11.4. The van der Waals surface area contributed by atoms with Gasteiger partial charge in [0.1, 0.15) is 5.60 Å². The van der Waals surface area contributed by atoms with Crippen molar-refractivity contribution in [1.29, 1.82) is 0 Å². The molecule has 1 rings (SSSR count). The molecular formula is C11H23N3O2. The highest BCUT2D eigenvalue weighted by Crippen LogP contribution is 2.16. The Morgan fingerprint density at radius 1 is 1.31 bits per heavy atom. The number of ether oxygens (including phenoxy) is 1. The SMILES string of the molecule is CC(C)(C)OC(=O)NNC1CCCCC1N. The minimum Gasteiger partial charge on any atom is -0.443 e. The molecule has 4 N–H and O–H groups in total. The second kappa shape index (κ2) is 5.50. The van der Waals surface area contributed by atoms with E-state index in [1.165, 1.54) is 6.42 Å². The quantitative estimate of drug-likeness (QED) is 0.624. The Morgan fingerprint density at radius 3 is 2.50 bits per heavy atom. The van der Waals surface area contributed by atoms with E-state index in [-0.39, 0.29) is 12.1 Å². The van der Waals surface area contributed by atoms with E-state index in [2.05, 4.69) is 10.9 Å². The molecule has 2 atom stereocenters. The second-order valence-electron chi connectivity index (χ2n) is 5.33. The second-order valence-corrected chi connectivity index (χ2v) is 5.33. The van der Waals surface area contributed by atoms with Crippen LogP contribution in [0.4, 0.5) is 4.79 Å². The fourth-order valence-corrected chi connectivity index (χ4v) is 1.79. The molecule has 1 aliphatic rings. The summed E-state index contributed by atoms with van der Waals surface area (Å²) in [5.41, 5.74) is 11.0. The van der Waals surface area contributed by atoms with E-state index in [1.54, 1.807) is 0 Å². The van der Waals surface area contributed by atoms with Gasteiger partial charge in [-0.3, -0.25) is 5.43 Å². The van der Waals surface area contributed by atoms with Crippen LogP contribution in [0, 0.1) is 0 Å². The molecule has 1 aliphatic carbocycles. The number of nitrogens with one attached hydrogen (secondary N) is 2. The van der Waals surface area contributed by atoms with Gasteiger partial charge >= 0.3 is 6.09 Å². The first-order valence-corrected chi connectivity index (χ1v) is 5.88. The Morgan fingerprint density at radius 2 is 1.94 bits per heavy atom. The summed E-state index contributed by atoms with van der Waals surface area (Å²) in [6, 6.07) is 0.268. The first-order chi connectivity index (χ1) is 7.38. The third kappa shape index (κ3) is 4.81. The van der Waals surface area contributed by atoms with Gasteiger partial charge in [0.15, 0.2) is 0 Å². The van der Waals surface area contributed by atoms with Gasteiger partial charge in [-0.15, -0.1) is 0 Å². The smallest absolute Gasteiger partial charge is 0.422 e. The van der Waals surface area contributed by atoms with Crippen molar-refractivity contribution in [2.24, 2.45) is 5.73 Å². The number of hydrogen-bond acceptors (Lipinski definition) is 4. The maximum atomic E-state index is 11.4. The Balaban J connectivity index is 2.25. The number of hydrazine groups is 1. The van der Waals surface area contributed by atoms with E-state index in [9.17, 15) is 4.79 Å². The molecule has 5 heteroatoms. The molecule has 0 aliphatic heterocycles. The Hall–Kier alpha value is -0.810. The summed E-state index contributed by atoms with van der Waals surface area (Å²) in [6.45, 7) is 5.50. The van der Waals surface area contributed by atoms with Crippen LogP contribution in [-0.4, -0.2) is 23.8 Å². The number of carbonyl (C=O) groups excluding carboxylic acids is 1. The van der Waals surface area contributed by atoms with Crippen LogP contribution in [0.5, 0.6) is 0 Å². The van der Waals surface area contributed by atoms with Crippen molar-refractivity contribution in [2.75, 3.05) is 0 Å². The minimum absolute atomic E-state index is 0.115. The van der Waals surface area contributed by atoms with Crippen LogP contribution >= 0.6 is 0 Å². The van der Waals surface area contributed by atoms with Crippen LogP contribution in [0.2, 0.25) is 0 Å². The van der Waals surface area contributed by atoms with Crippen molar-refractivity contribution in [1.82, 2.24) is 10.9 Å². The highest BCUT2D eigenvalue weighted by molar-refractivity contribution is 5.67. The number of hydrogen-bond donors (Lipinski definition) is 3. The lowest BCUT2D eigenvalue weighted by Gasteiger charge is -2.29. The first kappa shape index (κ1) is 13.3. The average molecular weight is 229 g/mol. The molecule has 2 unspecified atom stereocenters. The number of rotatable bonds is 2. The number of amides is 1. The maximum Gasteiger partial charge on any atom is 0.422 e. The zero-order chi connectivity index (χ0) is 12.2. The van der Waals surface area contributed by atoms with Crippen LogP contribution in [-0.2, 0) is 4.74 Å². The molecule has 1 saturated carbocycles. The normalized spacial score (nSPS) is 26.2. The van der Waals surface area contributed by atoms with Gasteiger partial charge in [-0.25, -0.2) is 10.2 Å². The maximum absolute atomic E-state index is 11.4. The average Bonchev–Trinajstić information content (AvgIpc) is 2.14. The van der Waals surface area contributed by atoms with Gasteiger partial charge in [0.25, 0.3) is 0 Å². The molecular weight excluding hydrogens is 206 g/mol. The molecule has 0 saturated heterocycles. The van der Waals surface area contributed by atoms with Crippen LogP contribution < -0.4 is 16.6 Å². The predicted molar refractivity (Wildman–Crippen MR) is 62.7 cm³/mol. The third-order valence-electron chi connectivity index (χ3n) is 2.58. The van der Waals surface area contributed by atoms with E-state index in [4.69, 9.17) is 10.5 Å². The van der Waals surface area contributed by atoms with Gasteiger partial charge in [-0.05, 0) is 33.6 Å². The van der Waals surface area contributed by atoms with Crippen molar-refractivity contribution in [2.45, 2.75) is 64.1 Å². The molecule has 0 aromatic rings. The summed E-state index contributed by atoms with van der Waals surface area (Å²) in [7, 11) is 0. The van der Waals surface area contributed by atoms with Crippen LogP contribution in [0.1, 0.15) is 46.5 Å². The predicted octanol–water partition coefficient (Wildman–Crippen LogP) is 1.29. The van der Waals surface area contributed by atoms with E-state index < -0.39 is 11.7 Å². The monoisotopic (exact) mass is 229 g/mol. The zero-order valence-corrected chi connectivity index (χ0v) is 10.4. The molecule has 5 nitrogen and oxygen atoms in total.